The molecule has 1 fully saturated rings. The summed E-state index contributed by atoms with van der Waals surface area (Å²) >= 11 is 0. The first kappa shape index (κ1) is 19.2. The third kappa shape index (κ3) is 5.00. The molecule has 144 valence electrons. The first-order valence-corrected chi connectivity index (χ1v) is 10.1. The fourth-order valence-corrected chi connectivity index (χ4v) is 3.57. The lowest BCUT2D eigenvalue weighted by Gasteiger charge is -2.21. The van der Waals surface area contributed by atoms with Crippen LogP contribution in [0.2, 0.25) is 0 Å². The van der Waals surface area contributed by atoms with Crippen LogP contribution in [-0.4, -0.2) is 42.0 Å². The lowest BCUT2D eigenvalue weighted by molar-refractivity contribution is 0.0756. The summed E-state index contributed by atoms with van der Waals surface area (Å²) in [7, 11) is 0. The molecule has 0 bridgehead atoms. The van der Waals surface area contributed by atoms with Crippen molar-refractivity contribution in [1.82, 2.24) is 9.88 Å². The molecular weight excluding hydrogens is 336 g/mol. The highest BCUT2D eigenvalue weighted by molar-refractivity contribution is 5.93. The van der Waals surface area contributed by atoms with E-state index >= 15 is 0 Å². The molecule has 1 amide bonds. The number of carbonyl (C=O) groups excluding carboxylic acids is 1. The number of benzene rings is 1. The zero-order chi connectivity index (χ0) is 19.1. The molecule has 2 aromatic rings. The Morgan fingerprint density at radius 3 is 2.30 bits per heavy atom. The first-order chi connectivity index (χ1) is 13.2. The second-order valence-corrected chi connectivity index (χ2v) is 6.98. The molecular formula is C22H30N4O. The summed E-state index contributed by atoms with van der Waals surface area (Å²) in [4.78, 5) is 21.3. The van der Waals surface area contributed by atoms with Crippen LogP contribution in [0.1, 0.15) is 50.0 Å². The van der Waals surface area contributed by atoms with Gasteiger partial charge < -0.3 is 15.1 Å². The highest BCUT2D eigenvalue weighted by Crippen LogP contribution is 2.22. The van der Waals surface area contributed by atoms with Crippen molar-refractivity contribution in [1.29, 1.82) is 0 Å². The Morgan fingerprint density at radius 1 is 1.00 bits per heavy atom. The van der Waals surface area contributed by atoms with E-state index in [9.17, 15) is 4.79 Å². The van der Waals surface area contributed by atoms with Crippen molar-refractivity contribution < 1.29 is 4.79 Å². The molecule has 1 saturated heterocycles. The van der Waals surface area contributed by atoms with Crippen molar-refractivity contribution in [2.45, 2.75) is 39.5 Å². The maximum absolute atomic E-state index is 12.8. The molecule has 5 heteroatoms. The molecule has 1 aromatic heterocycles. The summed E-state index contributed by atoms with van der Waals surface area (Å²) < 4.78 is 0. The standard InChI is InChI=1S/C22H30N4O/c1-3-25(4-2)20-11-9-18(10-12-20)24-19-13-14-23-21(17-19)22(27)26-15-7-5-6-8-16-26/h9-14,17H,3-8,15-16H2,1-2H3,(H,23,24). The van der Waals surface area contributed by atoms with Gasteiger partial charge in [0.05, 0.1) is 0 Å². The maximum Gasteiger partial charge on any atom is 0.272 e. The normalized spacial score (nSPS) is 14.5. The van der Waals surface area contributed by atoms with Gasteiger partial charge in [-0.25, -0.2) is 0 Å². The summed E-state index contributed by atoms with van der Waals surface area (Å²) in [5, 5.41) is 3.39. The van der Waals surface area contributed by atoms with E-state index in [0.717, 1.165) is 50.4 Å². The molecule has 1 aliphatic rings. The van der Waals surface area contributed by atoms with Crippen LogP contribution in [0.25, 0.3) is 0 Å². The minimum Gasteiger partial charge on any atom is -0.372 e. The van der Waals surface area contributed by atoms with Gasteiger partial charge in [-0.1, -0.05) is 12.8 Å². The summed E-state index contributed by atoms with van der Waals surface area (Å²) in [5.74, 6) is 0.0393. The molecule has 0 radical (unpaired) electrons. The molecule has 0 spiro atoms. The highest BCUT2D eigenvalue weighted by Gasteiger charge is 2.18. The van der Waals surface area contributed by atoms with Crippen LogP contribution in [-0.2, 0) is 0 Å². The smallest absolute Gasteiger partial charge is 0.272 e. The molecule has 1 aliphatic heterocycles. The minimum atomic E-state index is 0.0393. The van der Waals surface area contributed by atoms with Gasteiger partial charge in [-0.2, -0.15) is 0 Å². The number of aromatic nitrogens is 1. The van der Waals surface area contributed by atoms with E-state index in [1.807, 2.05) is 17.0 Å². The number of nitrogens with zero attached hydrogens (tertiary/aromatic N) is 3. The van der Waals surface area contributed by atoms with Crippen molar-refractivity contribution in [2.24, 2.45) is 0 Å². The fraction of sp³-hybridized carbons (Fsp3) is 0.455. The molecule has 0 saturated carbocycles. The molecule has 1 N–H and O–H groups in total. The fourth-order valence-electron chi connectivity index (χ4n) is 3.57. The number of likely N-dealkylation sites (tertiary alicyclic amines) is 1. The lowest BCUT2D eigenvalue weighted by atomic mass is 10.2. The molecule has 2 heterocycles. The third-order valence-corrected chi connectivity index (χ3v) is 5.16. The number of amides is 1. The SMILES string of the molecule is CCN(CC)c1ccc(Nc2ccnc(C(=O)N3CCCCCC3)c2)cc1. The van der Waals surface area contributed by atoms with E-state index < -0.39 is 0 Å². The van der Waals surface area contributed by atoms with E-state index in [1.54, 1.807) is 6.20 Å². The van der Waals surface area contributed by atoms with Crippen LogP contribution in [0.4, 0.5) is 17.1 Å². The van der Waals surface area contributed by atoms with Gasteiger partial charge in [0.15, 0.2) is 0 Å². The van der Waals surface area contributed by atoms with Crippen LogP contribution < -0.4 is 10.2 Å². The van der Waals surface area contributed by atoms with Crippen LogP contribution in [0.3, 0.4) is 0 Å². The molecule has 0 aliphatic carbocycles. The van der Waals surface area contributed by atoms with Gasteiger partial charge in [0.25, 0.3) is 5.91 Å². The Balaban J connectivity index is 1.69. The van der Waals surface area contributed by atoms with Crippen molar-refractivity contribution in [3.8, 4) is 0 Å². The van der Waals surface area contributed by atoms with Gasteiger partial charge in [0.1, 0.15) is 5.69 Å². The third-order valence-electron chi connectivity index (χ3n) is 5.16. The number of hydrogen-bond donors (Lipinski definition) is 1. The quantitative estimate of drug-likeness (QED) is 0.806. The van der Waals surface area contributed by atoms with Crippen molar-refractivity contribution in [2.75, 3.05) is 36.4 Å². The number of rotatable bonds is 6. The maximum atomic E-state index is 12.8. The summed E-state index contributed by atoms with van der Waals surface area (Å²) in [6, 6.07) is 12.2. The number of anilines is 3. The number of hydrogen-bond acceptors (Lipinski definition) is 4. The Labute approximate surface area is 162 Å². The Bertz CT molecular complexity index is 732. The summed E-state index contributed by atoms with van der Waals surface area (Å²) in [5.41, 5.74) is 3.63. The molecule has 27 heavy (non-hydrogen) atoms. The number of carbonyl (C=O) groups is 1. The van der Waals surface area contributed by atoms with Gasteiger partial charge >= 0.3 is 0 Å². The largest absolute Gasteiger partial charge is 0.372 e. The molecule has 3 rings (SSSR count). The zero-order valence-electron chi connectivity index (χ0n) is 16.4. The van der Waals surface area contributed by atoms with Crippen molar-refractivity contribution in [3.63, 3.8) is 0 Å². The average molecular weight is 367 g/mol. The van der Waals surface area contributed by atoms with Crippen LogP contribution in [0, 0.1) is 0 Å². The predicted octanol–water partition coefficient (Wildman–Crippen LogP) is 4.69. The number of pyridine rings is 1. The number of nitrogens with one attached hydrogen (secondary N) is 1. The minimum absolute atomic E-state index is 0.0393. The average Bonchev–Trinajstić information content (AvgIpc) is 2.99. The molecule has 0 atom stereocenters. The van der Waals surface area contributed by atoms with Gasteiger partial charge in [-0.05, 0) is 63.1 Å². The van der Waals surface area contributed by atoms with E-state index in [0.29, 0.717) is 5.69 Å². The van der Waals surface area contributed by atoms with Crippen LogP contribution >= 0.6 is 0 Å². The predicted molar refractivity (Wildman–Crippen MR) is 112 cm³/mol. The summed E-state index contributed by atoms with van der Waals surface area (Å²) in [6.07, 6.45) is 6.30. The second kappa shape index (κ2) is 9.40. The lowest BCUT2D eigenvalue weighted by Crippen LogP contribution is -2.32. The summed E-state index contributed by atoms with van der Waals surface area (Å²) in [6.45, 7) is 7.99. The molecule has 1 aromatic carbocycles. The monoisotopic (exact) mass is 366 g/mol. The van der Waals surface area contributed by atoms with Gasteiger partial charge in [-0.15, -0.1) is 0 Å². The first-order valence-electron chi connectivity index (χ1n) is 10.1. The van der Waals surface area contributed by atoms with E-state index in [4.69, 9.17) is 0 Å². The van der Waals surface area contributed by atoms with Crippen LogP contribution in [0.15, 0.2) is 42.6 Å². The topological polar surface area (TPSA) is 48.5 Å². The van der Waals surface area contributed by atoms with E-state index in [1.165, 1.54) is 18.5 Å². The van der Waals surface area contributed by atoms with Crippen molar-refractivity contribution in [3.05, 3.63) is 48.3 Å². The van der Waals surface area contributed by atoms with Crippen LogP contribution in [0.5, 0.6) is 0 Å². The van der Waals surface area contributed by atoms with Gasteiger partial charge in [0, 0.05) is 49.4 Å². The van der Waals surface area contributed by atoms with E-state index in [2.05, 4.69) is 53.3 Å². The Morgan fingerprint density at radius 2 is 1.67 bits per heavy atom. The molecule has 0 unspecified atom stereocenters. The van der Waals surface area contributed by atoms with Gasteiger partial charge in [-0.3, -0.25) is 9.78 Å². The van der Waals surface area contributed by atoms with Crippen molar-refractivity contribution >= 4 is 23.0 Å². The van der Waals surface area contributed by atoms with Gasteiger partial charge in [0.2, 0.25) is 0 Å². The molecule has 5 nitrogen and oxygen atoms in total. The van der Waals surface area contributed by atoms with E-state index in [-0.39, 0.29) is 5.91 Å². The highest BCUT2D eigenvalue weighted by atomic mass is 16.2. The Kier molecular flexibility index (Phi) is 6.69. The Hall–Kier alpha value is -2.56. The zero-order valence-corrected chi connectivity index (χ0v) is 16.4. The second-order valence-electron chi connectivity index (χ2n) is 6.98.